The van der Waals surface area contributed by atoms with Crippen LogP contribution in [0.4, 0.5) is 5.82 Å². The number of nitrogens with one attached hydrogen (secondary N) is 1. The van der Waals surface area contributed by atoms with Gasteiger partial charge in [-0.2, -0.15) is 0 Å². The van der Waals surface area contributed by atoms with Crippen molar-refractivity contribution in [2.24, 2.45) is 0 Å². The number of hydrogen-bond acceptors (Lipinski definition) is 5. The van der Waals surface area contributed by atoms with Gasteiger partial charge in [0.15, 0.2) is 0 Å². The number of rotatable bonds is 5. The Hall–Kier alpha value is -1.46. The molecule has 5 heteroatoms. The fraction of sp³-hybridized carbons (Fsp3) is 0.467. The van der Waals surface area contributed by atoms with Gasteiger partial charge in [-0.3, -0.25) is 4.98 Å². The molecule has 0 spiro atoms. The molecule has 4 nitrogen and oxygen atoms in total. The van der Waals surface area contributed by atoms with Crippen LogP contribution in [0.5, 0.6) is 0 Å². The van der Waals surface area contributed by atoms with Crippen LogP contribution in [0.1, 0.15) is 29.5 Å². The fourth-order valence-corrected chi connectivity index (χ4v) is 3.36. The van der Waals surface area contributed by atoms with E-state index in [0.717, 1.165) is 50.5 Å². The van der Waals surface area contributed by atoms with E-state index in [0.29, 0.717) is 0 Å². The molecule has 20 heavy (non-hydrogen) atoms. The summed E-state index contributed by atoms with van der Waals surface area (Å²) in [6.45, 7) is 5.98. The standard InChI is InChI=1S/C15H20N4S/c1-2-5-16-8-13-9-17-10-15(18-13)19-6-3-14-12(11-19)4-7-20-14/h4,7,9-10,16H,2-3,5-6,8,11H2,1H3. The Morgan fingerprint density at radius 2 is 2.35 bits per heavy atom. The van der Waals surface area contributed by atoms with E-state index in [1.807, 2.05) is 23.7 Å². The van der Waals surface area contributed by atoms with Gasteiger partial charge in [0.2, 0.25) is 0 Å². The van der Waals surface area contributed by atoms with E-state index >= 15 is 0 Å². The number of hydrogen-bond donors (Lipinski definition) is 1. The SMILES string of the molecule is CCCNCc1cncc(N2CCc3sccc3C2)n1. The van der Waals surface area contributed by atoms with Gasteiger partial charge in [0.1, 0.15) is 5.82 Å². The zero-order chi connectivity index (χ0) is 13.8. The average Bonchev–Trinajstić information content (AvgIpc) is 2.95. The van der Waals surface area contributed by atoms with Crippen LogP contribution in [0, 0.1) is 0 Å². The summed E-state index contributed by atoms with van der Waals surface area (Å²) >= 11 is 1.87. The van der Waals surface area contributed by atoms with Crippen molar-refractivity contribution in [2.45, 2.75) is 32.9 Å². The number of anilines is 1. The van der Waals surface area contributed by atoms with Gasteiger partial charge in [0, 0.05) is 30.7 Å². The van der Waals surface area contributed by atoms with Gasteiger partial charge in [-0.25, -0.2) is 4.98 Å². The molecule has 3 heterocycles. The van der Waals surface area contributed by atoms with Gasteiger partial charge in [0.05, 0.1) is 11.9 Å². The fourth-order valence-electron chi connectivity index (χ4n) is 2.47. The summed E-state index contributed by atoms with van der Waals surface area (Å²) in [5.41, 5.74) is 2.46. The van der Waals surface area contributed by atoms with Gasteiger partial charge >= 0.3 is 0 Å². The highest BCUT2D eigenvalue weighted by molar-refractivity contribution is 7.10. The van der Waals surface area contributed by atoms with Crippen LogP contribution in [0.15, 0.2) is 23.8 Å². The maximum Gasteiger partial charge on any atom is 0.147 e. The molecule has 0 saturated carbocycles. The lowest BCUT2D eigenvalue weighted by atomic mass is 10.1. The molecule has 0 fully saturated rings. The first-order chi connectivity index (χ1) is 9.86. The normalized spacial score (nSPS) is 14.3. The van der Waals surface area contributed by atoms with E-state index in [2.05, 4.69) is 33.6 Å². The van der Waals surface area contributed by atoms with E-state index in [1.165, 1.54) is 10.4 Å². The third kappa shape index (κ3) is 2.99. The highest BCUT2D eigenvalue weighted by Crippen LogP contribution is 2.26. The Morgan fingerprint density at radius 1 is 1.40 bits per heavy atom. The largest absolute Gasteiger partial charge is 0.351 e. The first-order valence-electron chi connectivity index (χ1n) is 7.18. The molecule has 0 bridgehead atoms. The lowest BCUT2D eigenvalue weighted by Gasteiger charge is -2.27. The second-order valence-corrected chi connectivity index (χ2v) is 6.09. The van der Waals surface area contributed by atoms with Crippen LogP contribution in [0.25, 0.3) is 0 Å². The van der Waals surface area contributed by atoms with Gasteiger partial charge in [-0.1, -0.05) is 6.92 Å². The molecule has 0 unspecified atom stereocenters. The highest BCUT2D eigenvalue weighted by atomic mass is 32.1. The molecule has 2 aromatic heterocycles. The molecule has 1 aliphatic rings. The molecule has 0 atom stereocenters. The highest BCUT2D eigenvalue weighted by Gasteiger charge is 2.18. The minimum Gasteiger partial charge on any atom is -0.351 e. The van der Waals surface area contributed by atoms with Crippen molar-refractivity contribution in [1.82, 2.24) is 15.3 Å². The van der Waals surface area contributed by atoms with Crippen molar-refractivity contribution in [3.63, 3.8) is 0 Å². The monoisotopic (exact) mass is 288 g/mol. The van der Waals surface area contributed by atoms with Gasteiger partial charge in [0.25, 0.3) is 0 Å². The first kappa shape index (κ1) is 13.5. The molecule has 2 aromatic rings. The van der Waals surface area contributed by atoms with Crippen molar-refractivity contribution in [3.8, 4) is 0 Å². The molecule has 106 valence electrons. The molecule has 0 saturated heterocycles. The van der Waals surface area contributed by atoms with E-state index in [1.54, 1.807) is 0 Å². The van der Waals surface area contributed by atoms with E-state index in [9.17, 15) is 0 Å². The van der Waals surface area contributed by atoms with Crippen LogP contribution < -0.4 is 10.2 Å². The summed E-state index contributed by atoms with van der Waals surface area (Å²) in [6.07, 6.45) is 5.99. The minimum absolute atomic E-state index is 0.798. The van der Waals surface area contributed by atoms with Crippen LogP contribution >= 0.6 is 11.3 Å². The molecule has 1 N–H and O–H groups in total. The third-order valence-corrected chi connectivity index (χ3v) is 4.56. The lowest BCUT2D eigenvalue weighted by Crippen LogP contribution is -2.30. The van der Waals surface area contributed by atoms with Crippen LogP contribution in [-0.4, -0.2) is 23.1 Å². The quantitative estimate of drug-likeness (QED) is 0.859. The number of fused-ring (bicyclic) bond motifs is 1. The Balaban J connectivity index is 1.70. The van der Waals surface area contributed by atoms with Crippen molar-refractivity contribution in [3.05, 3.63) is 40.0 Å². The van der Waals surface area contributed by atoms with E-state index < -0.39 is 0 Å². The molecule has 1 aliphatic heterocycles. The predicted molar refractivity (Wildman–Crippen MR) is 83.1 cm³/mol. The number of thiophene rings is 1. The summed E-state index contributed by atoms with van der Waals surface area (Å²) in [4.78, 5) is 12.9. The Morgan fingerprint density at radius 3 is 3.25 bits per heavy atom. The van der Waals surface area contributed by atoms with Crippen LogP contribution in [-0.2, 0) is 19.5 Å². The van der Waals surface area contributed by atoms with Crippen molar-refractivity contribution in [1.29, 1.82) is 0 Å². The smallest absolute Gasteiger partial charge is 0.147 e. The van der Waals surface area contributed by atoms with Crippen LogP contribution in [0.2, 0.25) is 0 Å². The molecule has 0 radical (unpaired) electrons. The summed E-state index contributed by atoms with van der Waals surface area (Å²) in [5, 5.41) is 5.56. The molecular formula is C15H20N4S. The zero-order valence-electron chi connectivity index (χ0n) is 11.8. The van der Waals surface area contributed by atoms with Gasteiger partial charge in [-0.15, -0.1) is 11.3 Å². The second-order valence-electron chi connectivity index (χ2n) is 5.09. The maximum atomic E-state index is 4.73. The molecule has 3 rings (SSSR count). The molecule has 0 aliphatic carbocycles. The number of aromatic nitrogens is 2. The topological polar surface area (TPSA) is 41.1 Å². The van der Waals surface area contributed by atoms with Crippen molar-refractivity contribution in [2.75, 3.05) is 18.0 Å². The second kappa shape index (κ2) is 6.33. The number of nitrogens with zero attached hydrogens (tertiary/aromatic N) is 3. The van der Waals surface area contributed by atoms with E-state index in [-0.39, 0.29) is 0 Å². The summed E-state index contributed by atoms with van der Waals surface area (Å²) < 4.78 is 0. The minimum atomic E-state index is 0.798. The first-order valence-corrected chi connectivity index (χ1v) is 8.06. The predicted octanol–water partition coefficient (Wildman–Crippen LogP) is 2.60. The summed E-state index contributed by atoms with van der Waals surface area (Å²) in [7, 11) is 0. The summed E-state index contributed by atoms with van der Waals surface area (Å²) in [6, 6.07) is 2.23. The molecule has 0 aromatic carbocycles. The van der Waals surface area contributed by atoms with Crippen LogP contribution in [0.3, 0.4) is 0 Å². The Bertz CT molecular complexity index is 567. The Kier molecular flexibility index (Phi) is 4.28. The lowest BCUT2D eigenvalue weighted by molar-refractivity contribution is 0.657. The molecule has 0 amide bonds. The Labute approximate surface area is 123 Å². The average molecular weight is 288 g/mol. The zero-order valence-corrected chi connectivity index (χ0v) is 12.6. The third-order valence-electron chi connectivity index (χ3n) is 3.54. The van der Waals surface area contributed by atoms with E-state index in [4.69, 9.17) is 4.98 Å². The van der Waals surface area contributed by atoms with Crippen molar-refractivity contribution >= 4 is 17.2 Å². The maximum absolute atomic E-state index is 4.73. The van der Waals surface area contributed by atoms with Gasteiger partial charge in [-0.05, 0) is 36.4 Å². The van der Waals surface area contributed by atoms with Gasteiger partial charge < -0.3 is 10.2 Å². The summed E-state index contributed by atoms with van der Waals surface area (Å²) in [5.74, 6) is 0.998. The molecular weight excluding hydrogens is 268 g/mol. The van der Waals surface area contributed by atoms with Crippen molar-refractivity contribution < 1.29 is 0 Å².